The van der Waals surface area contributed by atoms with Crippen molar-refractivity contribution in [3.63, 3.8) is 0 Å². The molecule has 26 heavy (non-hydrogen) atoms. The number of nitrogens with zero attached hydrogens (tertiary/aromatic N) is 3. The number of benzene rings is 1. The first-order chi connectivity index (χ1) is 12.2. The lowest BCUT2D eigenvalue weighted by Crippen LogP contribution is -2.53. The minimum atomic E-state index is -0.570. The summed E-state index contributed by atoms with van der Waals surface area (Å²) in [5.74, 6) is 0.731. The van der Waals surface area contributed by atoms with Crippen molar-refractivity contribution in [3.8, 4) is 11.3 Å². The van der Waals surface area contributed by atoms with E-state index in [4.69, 9.17) is 10.7 Å². The largest absolute Gasteiger partial charge is 0.327 e. The van der Waals surface area contributed by atoms with Crippen LogP contribution >= 0.6 is 0 Å². The van der Waals surface area contributed by atoms with Gasteiger partial charge in [-0.1, -0.05) is 26.0 Å². The maximum atomic E-state index is 14.1. The highest BCUT2D eigenvalue weighted by atomic mass is 19.1. The van der Waals surface area contributed by atoms with Gasteiger partial charge in [0.15, 0.2) is 0 Å². The summed E-state index contributed by atoms with van der Waals surface area (Å²) in [6.45, 7) is 11.2. The number of aromatic nitrogens is 2. The maximum Gasteiger partial charge on any atom is 0.237 e. The Balaban J connectivity index is 2.19. The molecule has 1 aromatic carbocycles. The van der Waals surface area contributed by atoms with E-state index in [0.717, 1.165) is 22.8 Å². The molecule has 0 bridgehead atoms. The molecule has 0 unspecified atom stereocenters. The van der Waals surface area contributed by atoms with Gasteiger partial charge in [0.1, 0.15) is 11.6 Å². The van der Waals surface area contributed by atoms with E-state index in [0.29, 0.717) is 18.7 Å². The smallest absolute Gasteiger partial charge is 0.237 e. The summed E-state index contributed by atoms with van der Waals surface area (Å²) in [5, 5.41) is 0. The Hall–Kier alpha value is -2.21. The van der Waals surface area contributed by atoms with Gasteiger partial charge in [0, 0.05) is 24.3 Å². The number of halogens is 1. The van der Waals surface area contributed by atoms with Crippen LogP contribution in [0.25, 0.3) is 11.3 Å². The molecular weight excluding hydrogens is 331 g/mol. The first-order valence-corrected chi connectivity index (χ1v) is 9.06. The number of fused-ring (bicyclic) bond motifs is 1. The Labute approximate surface area is 154 Å². The molecular formula is C20H27FN4O. The van der Waals surface area contributed by atoms with E-state index < -0.39 is 5.54 Å². The molecule has 2 aromatic rings. The lowest BCUT2D eigenvalue weighted by atomic mass is 9.98. The standard InChI is InChI=1S/C20H27FN4O/c1-12(2)18-17(14-7-6-13(3)15(21)10-14)23-19-20(4,5)25(16(26)11-22)9-8-24(18)19/h6-7,10,12H,8-9,11,22H2,1-5H3. The van der Waals surface area contributed by atoms with E-state index in [2.05, 4.69) is 18.4 Å². The molecule has 0 aliphatic carbocycles. The number of hydrogen-bond donors (Lipinski definition) is 1. The predicted octanol–water partition coefficient (Wildman–Crippen LogP) is 3.16. The fourth-order valence-electron chi connectivity index (χ4n) is 3.84. The van der Waals surface area contributed by atoms with Crippen LogP contribution in [0.1, 0.15) is 50.7 Å². The fraction of sp³-hybridized carbons (Fsp3) is 0.500. The van der Waals surface area contributed by atoms with Crippen LogP contribution < -0.4 is 5.73 Å². The Bertz CT molecular complexity index is 854. The molecule has 0 radical (unpaired) electrons. The predicted molar refractivity (Wildman–Crippen MR) is 100 cm³/mol. The van der Waals surface area contributed by atoms with Crippen molar-refractivity contribution in [2.45, 2.75) is 52.6 Å². The van der Waals surface area contributed by atoms with Gasteiger partial charge in [0.25, 0.3) is 0 Å². The van der Waals surface area contributed by atoms with Crippen molar-refractivity contribution in [2.75, 3.05) is 13.1 Å². The van der Waals surface area contributed by atoms with Crippen LogP contribution in [0.4, 0.5) is 4.39 Å². The Kier molecular flexibility index (Phi) is 4.65. The molecule has 1 aliphatic rings. The Morgan fingerprint density at radius 2 is 2.04 bits per heavy atom. The third-order valence-corrected chi connectivity index (χ3v) is 5.24. The average Bonchev–Trinajstić information content (AvgIpc) is 2.98. The second-order valence-electron chi connectivity index (χ2n) is 7.75. The van der Waals surface area contributed by atoms with Gasteiger partial charge in [-0.2, -0.15) is 0 Å². The van der Waals surface area contributed by atoms with Gasteiger partial charge in [0.05, 0.1) is 17.8 Å². The lowest BCUT2D eigenvalue weighted by Gasteiger charge is -2.42. The van der Waals surface area contributed by atoms with Gasteiger partial charge < -0.3 is 15.2 Å². The number of rotatable bonds is 3. The number of aryl methyl sites for hydroxylation is 1. The molecule has 6 heteroatoms. The minimum Gasteiger partial charge on any atom is -0.327 e. The first-order valence-electron chi connectivity index (χ1n) is 9.06. The zero-order valence-corrected chi connectivity index (χ0v) is 16.1. The third kappa shape index (κ3) is 2.82. The van der Waals surface area contributed by atoms with Gasteiger partial charge in [0.2, 0.25) is 5.91 Å². The first kappa shape index (κ1) is 18.6. The zero-order valence-electron chi connectivity index (χ0n) is 16.1. The highest BCUT2D eigenvalue weighted by Crippen LogP contribution is 2.38. The number of hydrogen-bond acceptors (Lipinski definition) is 3. The summed E-state index contributed by atoms with van der Waals surface area (Å²) >= 11 is 0. The molecule has 0 saturated carbocycles. The number of carbonyl (C=O) groups excluding carboxylic acids is 1. The molecule has 1 aromatic heterocycles. The summed E-state index contributed by atoms with van der Waals surface area (Å²) in [4.78, 5) is 19.0. The molecule has 1 amide bonds. The average molecular weight is 358 g/mol. The fourth-order valence-corrected chi connectivity index (χ4v) is 3.84. The van der Waals surface area contributed by atoms with Gasteiger partial charge in [-0.15, -0.1) is 0 Å². The quantitative estimate of drug-likeness (QED) is 0.917. The molecule has 140 valence electrons. The number of nitrogens with two attached hydrogens (primary N) is 1. The van der Waals surface area contributed by atoms with Crippen LogP contribution in [0.5, 0.6) is 0 Å². The molecule has 0 saturated heterocycles. The van der Waals surface area contributed by atoms with Crippen molar-refractivity contribution in [2.24, 2.45) is 5.73 Å². The van der Waals surface area contributed by atoms with Crippen LogP contribution in [0.3, 0.4) is 0 Å². The monoisotopic (exact) mass is 358 g/mol. The number of amides is 1. The summed E-state index contributed by atoms with van der Waals surface area (Å²) < 4.78 is 16.3. The van der Waals surface area contributed by atoms with Crippen LogP contribution in [0.15, 0.2) is 18.2 Å². The lowest BCUT2D eigenvalue weighted by molar-refractivity contribution is -0.137. The minimum absolute atomic E-state index is 0.0167. The molecule has 5 nitrogen and oxygen atoms in total. The molecule has 2 N–H and O–H groups in total. The number of imidazole rings is 1. The molecule has 3 rings (SSSR count). The molecule has 2 heterocycles. The normalized spacial score (nSPS) is 16.1. The van der Waals surface area contributed by atoms with E-state index in [1.165, 1.54) is 0 Å². The van der Waals surface area contributed by atoms with Crippen LogP contribution in [-0.2, 0) is 16.9 Å². The summed E-state index contributed by atoms with van der Waals surface area (Å²) in [6, 6.07) is 5.24. The molecule has 0 atom stereocenters. The van der Waals surface area contributed by atoms with Crippen LogP contribution in [0.2, 0.25) is 0 Å². The van der Waals surface area contributed by atoms with Crippen LogP contribution in [-0.4, -0.2) is 33.4 Å². The Morgan fingerprint density at radius 1 is 1.35 bits per heavy atom. The summed E-state index contributed by atoms with van der Waals surface area (Å²) in [7, 11) is 0. The van der Waals surface area contributed by atoms with E-state index in [1.807, 2.05) is 19.9 Å². The second kappa shape index (κ2) is 6.50. The van der Waals surface area contributed by atoms with E-state index in [-0.39, 0.29) is 24.2 Å². The van der Waals surface area contributed by atoms with Gasteiger partial charge in [-0.3, -0.25) is 4.79 Å². The van der Waals surface area contributed by atoms with Crippen LogP contribution in [0, 0.1) is 12.7 Å². The highest BCUT2D eigenvalue weighted by molar-refractivity contribution is 5.79. The van der Waals surface area contributed by atoms with Crippen molar-refractivity contribution in [3.05, 3.63) is 41.1 Å². The summed E-state index contributed by atoms with van der Waals surface area (Å²) in [5.41, 5.74) is 8.28. The highest BCUT2D eigenvalue weighted by Gasteiger charge is 2.41. The molecule has 1 aliphatic heterocycles. The van der Waals surface area contributed by atoms with Crippen molar-refractivity contribution in [1.29, 1.82) is 0 Å². The molecule has 0 spiro atoms. The second-order valence-corrected chi connectivity index (χ2v) is 7.75. The van der Waals surface area contributed by atoms with Gasteiger partial charge in [-0.05, 0) is 38.3 Å². The molecule has 0 fully saturated rings. The maximum absolute atomic E-state index is 14.1. The van der Waals surface area contributed by atoms with E-state index in [1.54, 1.807) is 24.0 Å². The zero-order chi connectivity index (χ0) is 19.2. The summed E-state index contributed by atoms with van der Waals surface area (Å²) in [6.07, 6.45) is 0. The van der Waals surface area contributed by atoms with Crippen molar-refractivity contribution in [1.82, 2.24) is 14.5 Å². The third-order valence-electron chi connectivity index (χ3n) is 5.24. The van der Waals surface area contributed by atoms with E-state index in [9.17, 15) is 9.18 Å². The number of carbonyl (C=O) groups is 1. The van der Waals surface area contributed by atoms with Gasteiger partial charge >= 0.3 is 0 Å². The Morgan fingerprint density at radius 3 is 2.62 bits per heavy atom. The van der Waals surface area contributed by atoms with Gasteiger partial charge in [-0.25, -0.2) is 9.37 Å². The van der Waals surface area contributed by atoms with E-state index >= 15 is 0 Å². The SMILES string of the molecule is Cc1ccc(-c2nc3n(c2C(C)C)CCN(C(=O)CN)C3(C)C)cc1F. The topological polar surface area (TPSA) is 64.2 Å². The van der Waals surface area contributed by atoms with Crippen molar-refractivity contribution >= 4 is 5.91 Å². The van der Waals surface area contributed by atoms with Crippen molar-refractivity contribution < 1.29 is 9.18 Å².